The molecule has 1 fully saturated rings. The Kier molecular flexibility index (Phi) is 6.34. The zero-order chi connectivity index (χ0) is 15.2. The molecule has 0 spiro atoms. The fraction of sp³-hybridized carbons (Fsp3) is 0.647. The Balaban J connectivity index is 2.11. The quantitative estimate of drug-likeness (QED) is 0.752. The highest BCUT2D eigenvalue weighted by Gasteiger charge is 2.30. The number of methoxy groups -OCH3 is 1. The third-order valence-corrected chi connectivity index (χ3v) is 3.98. The molecule has 0 unspecified atom stereocenters. The van der Waals surface area contributed by atoms with Gasteiger partial charge in [0.05, 0.1) is 6.61 Å². The Morgan fingerprint density at radius 3 is 2.76 bits per heavy atom. The summed E-state index contributed by atoms with van der Waals surface area (Å²) in [5, 5.41) is 4.33. The molecule has 0 heterocycles. The van der Waals surface area contributed by atoms with Gasteiger partial charge in [0.25, 0.3) is 0 Å². The van der Waals surface area contributed by atoms with E-state index in [2.05, 4.69) is 36.2 Å². The van der Waals surface area contributed by atoms with Crippen LogP contribution in [0.3, 0.4) is 0 Å². The normalized spacial score (nSPS) is 14.7. The second-order valence-electron chi connectivity index (χ2n) is 6.22. The Bertz CT molecular complexity index is 446. The summed E-state index contributed by atoms with van der Waals surface area (Å²) in [7, 11) is 1.76. The zero-order valence-electron chi connectivity index (χ0n) is 13.4. The summed E-state index contributed by atoms with van der Waals surface area (Å²) in [5.41, 5.74) is 2.58. The van der Waals surface area contributed by atoms with E-state index in [1.54, 1.807) is 7.11 Å². The van der Waals surface area contributed by atoms with Crippen LogP contribution in [0.4, 0.5) is 5.69 Å². The van der Waals surface area contributed by atoms with Gasteiger partial charge in [0, 0.05) is 37.0 Å². The van der Waals surface area contributed by atoms with Gasteiger partial charge in [-0.3, -0.25) is 0 Å². The van der Waals surface area contributed by atoms with Gasteiger partial charge in [-0.25, -0.2) is 0 Å². The van der Waals surface area contributed by atoms with Crippen molar-refractivity contribution in [3.63, 3.8) is 0 Å². The molecule has 1 N–H and O–H groups in total. The molecular weight excluding hydrogens is 284 g/mol. The van der Waals surface area contributed by atoms with Crippen LogP contribution < -0.4 is 10.2 Å². The monoisotopic (exact) mass is 310 g/mol. The van der Waals surface area contributed by atoms with Crippen molar-refractivity contribution >= 4 is 17.3 Å². The van der Waals surface area contributed by atoms with Crippen LogP contribution in [0, 0.1) is 5.92 Å². The first-order valence-electron chi connectivity index (χ1n) is 7.86. The van der Waals surface area contributed by atoms with Crippen molar-refractivity contribution in [2.45, 2.75) is 39.3 Å². The topological polar surface area (TPSA) is 24.5 Å². The molecule has 118 valence electrons. The van der Waals surface area contributed by atoms with E-state index >= 15 is 0 Å². The lowest BCUT2D eigenvalue weighted by molar-refractivity contribution is 0.205. The van der Waals surface area contributed by atoms with E-state index in [0.717, 1.165) is 31.3 Å². The van der Waals surface area contributed by atoms with Crippen LogP contribution in [0.1, 0.15) is 32.3 Å². The summed E-state index contributed by atoms with van der Waals surface area (Å²) >= 11 is 6.19. The number of nitrogens with one attached hydrogen (secondary N) is 1. The molecule has 0 atom stereocenters. The van der Waals surface area contributed by atoms with Crippen molar-refractivity contribution in [3.8, 4) is 0 Å². The van der Waals surface area contributed by atoms with E-state index in [4.69, 9.17) is 16.3 Å². The average Bonchev–Trinajstić information content (AvgIpc) is 3.25. The lowest BCUT2D eigenvalue weighted by Crippen LogP contribution is -2.31. The molecule has 1 aromatic carbocycles. The molecule has 0 bridgehead atoms. The zero-order valence-corrected chi connectivity index (χ0v) is 14.1. The number of ether oxygens (including phenoxy) is 1. The van der Waals surface area contributed by atoms with E-state index in [1.165, 1.54) is 24.1 Å². The molecule has 0 radical (unpaired) electrons. The fourth-order valence-corrected chi connectivity index (χ4v) is 2.74. The first kappa shape index (κ1) is 16.6. The Morgan fingerprint density at radius 1 is 1.38 bits per heavy atom. The molecule has 4 heteroatoms. The first-order valence-corrected chi connectivity index (χ1v) is 8.24. The van der Waals surface area contributed by atoms with Crippen LogP contribution in [0.2, 0.25) is 5.02 Å². The maximum atomic E-state index is 6.19. The van der Waals surface area contributed by atoms with E-state index in [1.807, 2.05) is 6.07 Å². The first-order chi connectivity index (χ1) is 10.1. The van der Waals surface area contributed by atoms with Crippen molar-refractivity contribution in [2.75, 3.05) is 31.7 Å². The van der Waals surface area contributed by atoms with Gasteiger partial charge in [0.2, 0.25) is 0 Å². The summed E-state index contributed by atoms with van der Waals surface area (Å²) in [5.74, 6) is 0.653. The Labute approximate surface area is 133 Å². The predicted molar refractivity (Wildman–Crippen MR) is 90.2 cm³/mol. The van der Waals surface area contributed by atoms with Gasteiger partial charge >= 0.3 is 0 Å². The van der Waals surface area contributed by atoms with Gasteiger partial charge in [0.15, 0.2) is 0 Å². The highest BCUT2D eigenvalue weighted by molar-refractivity contribution is 6.30. The summed E-state index contributed by atoms with van der Waals surface area (Å²) < 4.78 is 5.26. The molecule has 3 nitrogen and oxygen atoms in total. The molecule has 2 rings (SSSR count). The maximum absolute atomic E-state index is 6.19. The number of hydrogen-bond acceptors (Lipinski definition) is 3. The van der Waals surface area contributed by atoms with Crippen LogP contribution in [0.15, 0.2) is 18.2 Å². The molecule has 0 saturated heterocycles. The van der Waals surface area contributed by atoms with Crippen LogP contribution in [0.5, 0.6) is 0 Å². The molecule has 0 amide bonds. The lowest BCUT2D eigenvalue weighted by Gasteiger charge is -2.27. The lowest BCUT2D eigenvalue weighted by atomic mass is 10.1. The standard InChI is InChI=1S/C17H27ClN2O/c1-13(2)11-19-12-14-10-15(18)4-7-17(14)20(8-9-21-3)16-5-6-16/h4,7,10,13,16,19H,5-6,8-9,11-12H2,1-3H3. The molecular formula is C17H27ClN2O. The van der Waals surface area contributed by atoms with Gasteiger partial charge in [-0.05, 0) is 49.1 Å². The minimum absolute atomic E-state index is 0.653. The van der Waals surface area contributed by atoms with Crippen molar-refractivity contribution < 1.29 is 4.74 Å². The molecule has 21 heavy (non-hydrogen) atoms. The van der Waals surface area contributed by atoms with Gasteiger partial charge < -0.3 is 15.0 Å². The predicted octanol–water partition coefficient (Wildman–Crippen LogP) is 3.70. The minimum Gasteiger partial charge on any atom is -0.383 e. The second kappa shape index (κ2) is 8.02. The SMILES string of the molecule is COCCN(c1ccc(Cl)cc1CNCC(C)C)C1CC1. The van der Waals surface area contributed by atoms with Crippen LogP contribution in [-0.4, -0.2) is 32.8 Å². The Hall–Kier alpha value is -0.770. The highest BCUT2D eigenvalue weighted by Crippen LogP contribution is 2.34. The fourth-order valence-electron chi connectivity index (χ4n) is 2.55. The van der Waals surface area contributed by atoms with Gasteiger partial charge in [0.1, 0.15) is 0 Å². The van der Waals surface area contributed by atoms with E-state index in [0.29, 0.717) is 12.0 Å². The third-order valence-electron chi connectivity index (χ3n) is 3.74. The van der Waals surface area contributed by atoms with E-state index in [-0.39, 0.29) is 0 Å². The molecule has 0 aromatic heterocycles. The molecule has 1 saturated carbocycles. The minimum atomic E-state index is 0.653. The second-order valence-corrected chi connectivity index (χ2v) is 6.65. The average molecular weight is 311 g/mol. The van der Waals surface area contributed by atoms with E-state index in [9.17, 15) is 0 Å². The van der Waals surface area contributed by atoms with Crippen molar-refractivity contribution in [1.82, 2.24) is 5.32 Å². The van der Waals surface area contributed by atoms with Gasteiger partial charge in [-0.15, -0.1) is 0 Å². The highest BCUT2D eigenvalue weighted by atomic mass is 35.5. The Morgan fingerprint density at radius 2 is 2.14 bits per heavy atom. The largest absolute Gasteiger partial charge is 0.383 e. The van der Waals surface area contributed by atoms with Crippen LogP contribution >= 0.6 is 11.6 Å². The molecule has 1 aliphatic carbocycles. The summed E-state index contributed by atoms with van der Waals surface area (Å²) in [6.45, 7) is 8.04. The number of hydrogen-bond donors (Lipinski definition) is 1. The summed E-state index contributed by atoms with van der Waals surface area (Å²) in [4.78, 5) is 2.48. The summed E-state index contributed by atoms with van der Waals surface area (Å²) in [6, 6.07) is 6.91. The number of rotatable bonds is 9. The summed E-state index contributed by atoms with van der Waals surface area (Å²) in [6.07, 6.45) is 2.57. The smallest absolute Gasteiger partial charge is 0.0637 e. The molecule has 1 aliphatic rings. The third kappa shape index (κ3) is 5.17. The van der Waals surface area contributed by atoms with Crippen molar-refractivity contribution in [3.05, 3.63) is 28.8 Å². The molecule has 1 aromatic rings. The van der Waals surface area contributed by atoms with Crippen molar-refractivity contribution in [1.29, 1.82) is 0 Å². The maximum Gasteiger partial charge on any atom is 0.0637 e. The molecule has 0 aliphatic heterocycles. The van der Waals surface area contributed by atoms with Crippen LogP contribution in [-0.2, 0) is 11.3 Å². The number of nitrogens with zero attached hydrogens (tertiary/aromatic N) is 1. The van der Waals surface area contributed by atoms with Gasteiger partial charge in [-0.2, -0.15) is 0 Å². The van der Waals surface area contributed by atoms with Gasteiger partial charge in [-0.1, -0.05) is 25.4 Å². The number of anilines is 1. The van der Waals surface area contributed by atoms with Crippen LogP contribution in [0.25, 0.3) is 0 Å². The number of benzene rings is 1. The number of halogens is 1. The van der Waals surface area contributed by atoms with Crippen molar-refractivity contribution in [2.24, 2.45) is 5.92 Å². The van der Waals surface area contributed by atoms with E-state index < -0.39 is 0 Å².